The molecule has 0 spiro atoms. The molecule has 0 atom stereocenters. The predicted octanol–water partition coefficient (Wildman–Crippen LogP) is 6.13. The lowest BCUT2D eigenvalue weighted by molar-refractivity contribution is 0.291. The van der Waals surface area contributed by atoms with E-state index in [4.69, 9.17) is 4.74 Å². The molecule has 0 radical (unpaired) electrons. The molecule has 1 aliphatic rings. The van der Waals surface area contributed by atoms with E-state index in [9.17, 15) is 4.39 Å². The van der Waals surface area contributed by atoms with Crippen molar-refractivity contribution in [2.75, 3.05) is 6.61 Å². The third-order valence-corrected chi connectivity index (χ3v) is 4.77. The molecule has 1 aliphatic carbocycles. The number of hydrogen-bond acceptors (Lipinski definition) is 1. The van der Waals surface area contributed by atoms with Gasteiger partial charge in [-0.1, -0.05) is 44.1 Å². The van der Waals surface area contributed by atoms with Crippen molar-refractivity contribution in [3.05, 3.63) is 41.7 Å². The minimum Gasteiger partial charge on any atom is -0.494 e. The lowest BCUT2D eigenvalue weighted by atomic mass is 9.80. The molecule has 24 heavy (non-hydrogen) atoms. The zero-order valence-electron chi connectivity index (χ0n) is 15.0. The van der Waals surface area contributed by atoms with Crippen molar-refractivity contribution in [2.24, 2.45) is 11.8 Å². The first-order valence-corrected chi connectivity index (χ1v) is 9.33. The second-order valence-electron chi connectivity index (χ2n) is 6.63. The number of halogens is 1. The molecule has 0 unspecified atom stereocenters. The fourth-order valence-electron chi connectivity index (χ4n) is 3.32. The molecule has 1 aromatic rings. The van der Waals surface area contributed by atoms with Crippen LogP contribution in [0.4, 0.5) is 4.39 Å². The molecule has 0 saturated heterocycles. The summed E-state index contributed by atoms with van der Waals surface area (Å²) in [6, 6.07) is 4.84. The Morgan fingerprint density at radius 3 is 2.67 bits per heavy atom. The van der Waals surface area contributed by atoms with Crippen LogP contribution in [0.2, 0.25) is 0 Å². The summed E-state index contributed by atoms with van der Waals surface area (Å²) in [6.07, 6.45) is 13.4. The lowest BCUT2D eigenvalue weighted by Gasteiger charge is -2.26. The van der Waals surface area contributed by atoms with Gasteiger partial charge in [0.2, 0.25) is 0 Å². The number of unbranched alkanes of at least 4 members (excludes halogenated alkanes) is 1. The summed E-state index contributed by atoms with van der Waals surface area (Å²) < 4.78 is 19.2. The molecule has 1 aromatic carbocycles. The van der Waals surface area contributed by atoms with Gasteiger partial charge in [0.05, 0.1) is 12.2 Å². The standard InChI is InChI=1S/C22H29FO/c1-3-5-8-18-11-13-19(14-12-18)9-6-7-10-20-15-16-21(24-4-2)17-22(20)23/h6,9,15-19H,3-5,8,11-14H2,1-2H3/b9-6+/t18-,19-. The molecule has 1 fully saturated rings. The summed E-state index contributed by atoms with van der Waals surface area (Å²) in [7, 11) is 0. The molecule has 0 heterocycles. The molecule has 0 bridgehead atoms. The van der Waals surface area contributed by atoms with E-state index in [1.165, 1.54) is 51.0 Å². The Morgan fingerprint density at radius 1 is 1.21 bits per heavy atom. The highest BCUT2D eigenvalue weighted by Crippen LogP contribution is 2.32. The van der Waals surface area contributed by atoms with E-state index < -0.39 is 0 Å². The molecule has 0 N–H and O–H groups in total. The fraction of sp³-hybridized carbons (Fsp3) is 0.545. The van der Waals surface area contributed by atoms with Gasteiger partial charge in [0, 0.05) is 6.07 Å². The highest BCUT2D eigenvalue weighted by molar-refractivity contribution is 5.41. The Kier molecular flexibility index (Phi) is 7.89. The quantitative estimate of drug-likeness (QED) is 0.571. The normalized spacial score (nSPS) is 20.6. The molecule has 1 nitrogen and oxygen atoms in total. The molecule has 2 rings (SSSR count). The van der Waals surface area contributed by atoms with Gasteiger partial charge >= 0.3 is 0 Å². The summed E-state index contributed by atoms with van der Waals surface area (Å²) in [5.74, 6) is 7.67. The predicted molar refractivity (Wildman–Crippen MR) is 98.6 cm³/mol. The Labute approximate surface area is 146 Å². The topological polar surface area (TPSA) is 9.23 Å². The van der Waals surface area contributed by atoms with Gasteiger partial charge in [0.1, 0.15) is 11.6 Å². The van der Waals surface area contributed by atoms with E-state index in [-0.39, 0.29) is 5.82 Å². The SMILES string of the molecule is CCCC[C@H]1CC[C@H](/C=C/C#Cc2ccc(OCC)cc2F)CC1. The third-order valence-electron chi connectivity index (χ3n) is 4.77. The molecule has 1 saturated carbocycles. The van der Waals surface area contributed by atoms with E-state index in [0.717, 1.165) is 5.92 Å². The lowest BCUT2D eigenvalue weighted by Crippen LogP contribution is -2.12. The van der Waals surface area contributed by atoms with Crippen molar-refractivity contribution >= 4 is 0 Å². The van der Waals surface area contributed by atoms with Gasteiger partial charge in [-0.05, 0) is 62.7 Å². The van der Waals surface area contributed by atoms with Gasteiger partial charge in [-0.25, -0.2) is 4.39 Å². The summed E-state index contributed by atoms with van der Waals surface area (Å²) >= 11 is 0. The van der Waals surface area contributed by atoms with Crippen molar-refractivity contribution in [1.82, 2.24) is 0 Å². The van der Waals surface area contributed by atoms with E-state index >= 15 is 0 Å². The minimum atomic E-state index is -0.321. The zero-order chi connectivity index (χ0) is 17.2. The largest absolute Gasteiger partial charge is 0.494 e. The van der Waals surface area contributed by atoms with Gasteiger partial charge in [-0.2, -0.15) is 0 Å². The van der Waals surface area contributed by atoms with Crippen LogP contribution in [0.15, 0.2) is 30.4 Å². The smallest absolute Gasteiger partial charge is 0.142 e. The van der Waals surface area contributed by atoms with E-state index in [1.54, 1.807) is 12.1 Å². The monoisotopic (exact) mass is 328 g/mol. The van der Waals surface area contributed by atoms with Crippen LogP contribution < -0.4 is 4.74 Å². The first-order chi connectivity index (χ1) is 11.7. The van der Waals surface area contributed by atoms with Crippen LogP contribution in [0.5, 0.6) is 5.75 Å². The van der Waals surface area contributed by atoms with Gasteiger partial charge in [0.15, 0.2) is 0 Å². The second kappa shape index (κ2) is 10.2. The molecular formula is C22H29FO. The molecule has 0 amide bonds. The maximum atomic E-state index is 13.9. The highest BCUT2D eigenvalue weighted by Gasteiger charge is 2.18. The molecule has 0 aromatic heterocycles. The van der Waals surface area contributed by atoms with Crippen LogP contribution in [0.3, 0.4) is 0 Å². The van der Waals surface area contributed by atoms with Crippen LogP contribution in [0.1, 0.15) is 64.4 Å². The molecular weight excluding hydrogens is 299 g/mol. The first kappa shape index (κ1) is 18.6. The van der Waals surface area contributed by atoms with Crippen LogP contribution in [-0.2, 0) is 0 Å². The second-order valence-corrected chi connectivity index (χ2v) is 6.63. The molecule has 130 valence electrons. The Balaban J connectivity index is 1.82. The summed E-state index contributed by atoms with van der Waals surface area (Å²) in [4.78, 5) is 0. The van der Waals surface area contributed by atoms with Gasteiger partial charge in [0.25, 0.3) is 0 Å². The number of hydrogen-bond donors (Lipinski definition) is 0. The van der Waals surface area contributed by atoms with Crippen molar-refractivity contribution < 1.29 is 9.13 Å². The van der Waals surface area contributed by atoms with E-state index in [2.05, 4.69) is 24.8 Å². The Morgan fingerprint density at radius 2 is 2.00 bits per heavy atom. The average molecular weight is 328 g/mol. The minimum absolute atomic E-state index is 0.321. The number of ether oxygens (including phenoxy) is 1. The van der Waals surface area contributed by atoms with Gasteiger partial charge in [-0.3, -0.25) is 0 Å². The van der Waals surface area contributed by atoms with Crippen LogP contribution in [0, 0.1) is 29.5 Å². The van der Waals surface area contributed by atoms with Gasteiger partial charge < -0.3 is 4.74 Å². The number of allylic oxidation sites excluding steroid dienone is 2. The summed E-state index contributed by atoms with van der Waals surface area (Å²) in [6.45, 7) is 4.68. The first-order valence-electron chi connectivity index (χ1n) is 9.33. The zero-order valence-corrected chi connectivity index (χ0v) is 15.0. The van der Waals surface area contributed by atoms with Crippen molar-refractivity contribution in [3.63, 3.8) is 0 Å². The molecule has 2 heteroatoms. The van der Waals surface area contributed by atoms with E-state index in [1.807, 2.05) is 13.0 Å². The highest BCUT2D eigenvalue weighted by atomic mass is 19.1. The van der Waals surface area contributed by atoms with Crippen molar-refractivity contribution in [2.45, 2.75) is 58.8 Å². The van der Waals surface area contributed by atoms with E-state index in [0.29, 0.717) is 23.8 Å². The summed E-state index contributed by atoms with van der Waals surface area (Å²) in [5.41, 5.74) is 0.423. The van der Waals surface area contributed by atoms with Crippen LogP contribution in [0.25, 0.3) is 0 Å². The third kappa shape index (κ3) is 6.04. The van der Waals surface area contributed by atoms with Crippen LogP contribution >= 0.6 is 0 Å². The summed E-state index contributed by atoms with van der Waals surface area (Å²) in [5, 5.41) is 0. The van der Waals surface area contributed by atoms with Crippen molar-refractivity contribution in [1.29, 1.82) is 0 Å². The number of rotatable bonds is 6. The average Bonchev–Trinajstić information content (AvgIpc) is 2.60. The van der Waals surface area contributed by atoms with Crippen molar-refractivity contribution in [3.8, 4) is 17.6 Å². The maximum absolute atomic E-state index is 13.9. The van der Waals surface area contributed by atoms with Gasteiger partial charge in [-0.15, -0.1) is 0 Å². The number of benzene rings is 1. The van der Waals surface area contributed by atoms with Crippen LogP contribution in [-0.4, -0.2) is 6.61 Å². The Bertz CT molecular complexity index is 586. The molecule has 0 aliphatic heterocycles. The fourth-order valence-corrected chi connectivity index (χ4v) is 3.32. The Hall–Kier alpha value is -1.75. The maximum Gasteiger partial charge on any atom is 0.142 e.